The summed E-state index contributed by atoms with van der Waals surface area (Å²) in [5, 5.41) is 6.56. The van der Waals surface area contributed by atoms with Crippen LogP contribution >= 0.6 is 0 Å². The number of carbonyl (C=O) groups excluding carboxylic acids is 1. The summed E-state index contributed by atoms with van der Waals surface area (Å²) in [6, 6.07) is 0. The van der Waals surface area contributed by atoms with Gasteiger partial charge in [0.15, 0.2) is 5.25 Å². The maximum atomic E-state index is 11.6. The van der Waals surface area contributed by atoms with Gasteiger partial charge in [-0.05, 0) is 6.42 Å². The molecule has 0 radical (unpaired) electrons. The Labute approximate surface area is 209 Å². The van der Waals surface area contributed by atoms with E-state index in [4.69, 9.17) is 14.4 Å². The second-order valence-corrected chi connectivity index (χ2v) is 8.96. The molecule has 0 heterocycles. The molecule has 0 aromatic heterocycles. The maximum Gasteiger partial charge on any atom is 2.00 e. The van der Waals surface area contributed by atoms with Crippen LogP contribution in [0, 0.1) is 0 Å². The van der Waals surface area contributed by atoms with Gasteiger partial charge in [0, 0.05) is 0 Å². The molecule has 170 valence electrons. The number of carboxylic acid groups (broad SMARTS) is 1. The van der Waals surface area contributed by atoms with Crippen LogP contribution in [0.2, 0.25) is 0 Å². The van der Waals surface area contributed by atoms with Crippen LogP contribution in [0.25, 0.3) is 0 Å². The van der Waals surface area contributed by atoms with Gasteiger partial charge in [0.1, 0.15) is 0 Å². The molecule has 1 atom stereocenters. The average Bonchev–Trinajstić information content (AvgIpc) is 2.61. The number of ether oxygens (including phenoxy) is 1. The largest absolute Gasteiger partial charge is 2.00 e. The first-order chi connectivity index (χ1) is 13.3. The molecule has 1 unspecified atom stereocenters. The van der Waals surface area contributed by atoms with E-state index in [2.05, 4.69) is 6.92 Å². The summed E-state index contributed by atoms with van der Waals surface area (Å²) in [6.07, 6.45) is 15.7. The first-order valence-corrected chi connectivity index (χ1v) is 12.1. The first kappa shape index (κ1) is 31.3. The van der Waals surface area contributed by atoms with Crippen molar-refractivity contribution < 1.29 is 35.3 Å². The zero-order valence-corrected chi connectivity index (χ0v) is 21.0. The fourth-order valence-electron chi connectivity index (χ4n) is 3.03. The standard InChI is InChI=1S/C20H38O7S.Ca.2H/c1-2-3-4-5-6-7-8-9-10-11-12-13-14-15-16-27-20(23)18(17-19(21)22)28(24,25)26;;;/h18H,2-17H2,1H3,(H,21,22)(H,24,25,26);;;/q;+2;2*-1. The van der Waals surface area contributed by atoms with Gasteiger partial charge in [0.05, 0.1) is 13.0 Å². The number of unbranched alkanes of at least 4 members (excludes halogenated alkanes) is 13. The topological polar surface area (TPSA) is 118 Å². The molecule has 2 N–H and O–H groups in total. The number of aliphatic carboxylic acids is 1. The fraction of sp³-hybridized carbons (Fsp3) is 0.900. The minimum atomic E-state index is -4.79. The number of esters is 1. The summed E-state index contributed by atoms with van der Waals surface area (Å²) >= 11 is 0. The molecule has 0 amide bonds. The summed E-state index contributed by atoms with van der Waals surface area (Å²) in [7, 11) is -4.79. The molecular weight excluding hydrogens is 424 g/mol. The van der Waals surface area contributed by atoms with E-state index < -0.39 is 33.7 Å². The van der Waals surface area contributed by atoms with Crippen molar-refractivity contribution in [3.63, 3.8) is 0 Å². The number of carbonyl (C=O) groups is 2. The Morgan fingerprint density at radius 1 is 0.828 bits per heavy atom. The summed E-state index contributed by atoms with van der Waals surface area (Å²) in [6.45, 7) is 2.26. The van der Waals surface area contributed by atoms with Gasteiger partial charge >= 0.3 is 49.7 Å². The molecule has 7 nitrogen and oxygen atoms in total. The maximum absolute atomic E-state index is 11.6. The van der Waals surface area contributed by atoms with Crippen molar-refractivity contribution >= 4 is 59.8 Å². The second-order valence-electron chi connectivity index (χ2n) is 7.37. The summed E-state index contributed by atoms with van der Waals surface area (Å²) in [4.78, 5) is 22.2. The van der Waals surface area contributed by atoms with Crippen LogP contribution in [0.4, 0.5) is 0 Å². The zero-order valence-electron chi connectivity index (χ0n) is 19.9. The molecule has 29 heavy (non-hydrogen) atoms. The van der Waals surface area contributed by atoms with E-state index in [1.54, 1.807) is 0 Å². The Balaban J connectivity index is -0.00000121. The summed E-state index contributed by atoms with van der Waals surface area (Å²) < 4.78 is 35.8. The van der Waals surface area contributed by atoms with Gasteiger partial charge in [0.25, 0.3) is 10.1 Å². The number of hydrogen-bond donors (Lipinski definition) is 2. The number of carboxylic acids is 1. The van der Waals surface area contributed by atoms with E-state index in [1.165, 1.54) is 64.2 Å². The van der Waals surface area contributed by atoms with E-state index in [-0.39, 0.29) is 47.2 Å². The normalized spacial score (nSPS) is 12.2. The van der Waals surface area contributed by atoms with Crippen molar-refractivity contribution in [3.05, 3.63) is 0 Å². The average molecular weight is 465 g/mol. The minimum absolute atomic E-state index is 0. The predicted molar refractivity (Wildman–Crippen MR) is 117 cm³/mol. The Bertz CT molecular complexity index is 534. The number of rotatable bonds is 19. The predicted octanol–water partition coefficient (Wildman–Crippen LogP) is 4.59. The Morgan fingerprint density at radius 3 is 1.55 bits per heavy atom. The first-order valence-electron chi connectivity index (χ1n) is 10.6. The van der Waals surface area contributed by atoms with Gasteiger partial charge in [0.2, 0.25) is 0 Å². The van der Waals surface area contributed by atoms with E-state index in [0.717, 1.165) is 19.3 Å². The quantitative estimate of drug-likeness (QED) is 0.124. The van der Waals surface area contributed by atoms with Crippen LogP contribution in [0.1, 0.15) is 106 Å². The van der Waals surface area contributed by atoms with E-state index in [9.17, 15) is 18.0 Å². The van der Waals surface area contributed by atoms with Crippen molar-refractivity contribution in [2.75, 3.05) is 6.61 Å². The van der Waals surface area contributed by atoms with Crippen LogP contribution in [0.15, 0.2) is 0 Å². The summed E-state index contributed by atoms with van der Waals surface area (Å²) in [5.41, 5.74) is 0. The van der Waals surface area contributed by atoms with E-state index in [1.807, 2.05) is 0 Å². The monoisotopic (exact) mass is 464 g/mol. The molecule has 0 spiro atoms. The third-order valence-corrected chi connectivity index (χ3v) is 5.80. The van der Waals surface area contributed by atoms with Crippen molar-refractivity contribution in [2.45, 2.75) is 108 Å². The number of hydrogen-bond acceptors (Lipinski definition) is 5. The molecule has 0 fully saturated rings. The molecule has 0 saturated carbocycles. The third kappa shape index (κ3) is 19.8. The van der Waals surface area contributed by atoms with Gasteiger partial charge in [-0.3, -0.25) is 14.1 Å². The molecule has 0 saturated heterocycles. The van der Waals surface area contributed by atoms with Crippen LogP contribution < -0.4 is 0 Å². The minimum Gasteiger partial charge on any atom is -1.00 e. The van der Waals surface area contributed by atoms with E-state index >= 15 is 0 Å². The van der Waals surface area contributed by atoms with Crippen LogP contribution in [-0.4, -0.2) is 79.6 Å². The summed E-state index contributed by atoms with van der Waals surface area (Å²) in [5.74, 6) is -2.70. The van der Waals surface area contributed by atoms with Gasteiger partial charge in [-0.25, -0.2) is 0 Å². The molecule has 0 aliphatic carbocycles. The molecule has 0 aliphatic heterocycles. The van der Waals surface area contributed by atoms with Crippen LogP contribution in [-0.2, 0) is 24.4 Å². The van der Waals surface area contributed by atoms with Crippen molar-refractivity contribution in [2.24, 2.45) is 0 Å². The van der Waals surface area contributed by atoms with Crippen LogP contribution in [0.5, 0.6) is 0 Å². The van der Waals surface area contributed by atoms with Crippen molar-refractivity contribution in [1.29, 1.82) is 0 Å². The Hall–Kier alpha value is 0.110. The van der Waals surface area contributed by atoms with Gasteiger partial charge in [-0.2, -0.15) is 8.42 Å². The van der Waals surface area contributed by atoms with Gasteiger partial charge in [-0.1, -0.05) is 90.4 Å². The van der Waals surface area contributed by atoms with Gasteiger partial charge in [-0.15, -0.1) is 0 Å². The van der Waals surface area contributed by atoms with Crippen molar-refractivity contribution in [1.82, 2.24) is 0 Å². The van der Waals surface area contributed by atoms with Gasteiger partial charge < -0.3 is 12.7 Å². The molecular formula is C20H40CaO7S. The molecule has 0 bridgehead atoms. The Kier molecular flexibility index (Phi) is 21.6. The SMILES string of the molecule is CCCCCCCCCCCCCCCCOC(=O)C(CC(=O)O)S(=O)(=O)O.[Ca+2].[H-].[H-]. The molecule has 0 aromatic rings. The molecule has 0 aromatic carbocycles. The molecule has 0 rings (SSSR count). The van der Waals surface area contributed by atoms with E-state index in [0.29, 0.717) is 6.42 Å². The van der Waals surface area contributed by atoms with Crippen LogP contribution in [0.3, 0.4) is 0 Å². The molecule has 0 aliphatic rings. The smallest absolute Gasteiger partial charge is 1.00 e. The Morgan fingerprint density at radius 2 is 1.21 bits per heavy atom. The third-order valence-electron chi connectivity index (χ3n) is 4.72. The van der Waals surface area contributed by atoms with Crippen molar-refractivity contribution in [3.8, 4) is 0 Å². The molecule has 9 heteroatoms. The second kappa shape index (κ2) is 20.0. The fourth-order valence-corrected chi connectivity index (χ4v) is 3.70. The zero-order chi connectivity index (χ0) is 21.3.